The summed E-state index contributed by atoms with van der Waals surface area (Å²) < 4.78 is 7.31. The SMILES string of the molecule is CCCN1CCCn2nc(CNC(=O)c3ccc(Cl)cc3OC)cc2C1. The molecule has 140 valence electrons. The number of nitrogens with zero attached hydrogens (tertiary/aromatic N) is 3. The van der Waals surface area contributed by atoms with Crippen LogP contribution in [-0.2, 0) is 19.6 Å². The van der Waals surface area contributed by atoms with Crippen LogP contribution in [0.25, 0.3) is 0 Å². The molecule has 0 unspecified atom stereocenters. The van der Waals surface area contributed by atoms with Gasteiger partial charge in [-0.3, -0.25) is 14.4 Å². The van der Waals surface area contributed by atoms with E-state index in [0.29, 0.717) is 22.9 Å². The highest BCUT2D eigenvalue weighted by atomic mass is 35.5. The van der Waals surface area contributed by atoms with Gasteiger partial charge in [0, 0.05) is 24.7 Å². The third-order valence-corrected chi connectivity index (χ3v) is 4.76. The summed E-state index contributed by atoms with van der Waals surface area (Å²) in [5, 5.41) is 8.10. The maximum absolute atomic E-state index is 12.5. The number of hydrogen-bond donors (Lipinski definition) is 1. The number of carbonyl (C=O) groups is 1. The molecule has 7 heteroatoms. The maximum Gasteiger partial charge on any atom is 0.255 e. The Hall–Kier alpha value is -2.05. The first-order valence-electron chi connectivity index (χ1n) is 9.00. The monoisotopic (exact) mass is 376 g/mol. The molecule has 0 aliphatic carbocycles. The Morgan fingerprint density at radius 2 is 2.19 bits per heavy atom. The van der Waals surface area contributed by atoms with Crippen molar-refractivity contribution in [1.29, 1.82) is 0 Å². The van der Waals surface area contributed by atoms with Crippen LogP contribution in [0.5, 0.6) is 5.75 Å². The van der Waals surface area contributed by atoms with Gasteiger partial charge in [-0.15, -0.1) is 0 Å². The van der Waals surface area contributed by atoms with Crippen molar-refractivity contribution in [1.82, 2.24) is 20.0 Å². The molecule has 0 saturated heterocycles. The Labute approximate surface area is 159 Å². The van der Waals surface area contributed by atoms with Gasteiger partial charge in [-0.25, -0.2) is 0 Å². The molecular formula is C19H25ClN4O2. The number of aromatic nitrogens is 2. The number of amides is 1. The van der Waals surface area contributed by atoms with Gasteiger partial charge in [0.05, 0.1) is 30.6 Å². The van der Waals surface area contributed by atoms with E-state index in [0.717, 1.165) is 44.7 Å². The van der Waals surface area contributed by atoms with Gasteiger partial charge in [0.1, 0.15) is 5.75 Å². The lowest BCUT2D eigenvalue weighted by Gasteiger charge is -2.17. The van der Waals surface area contributed by atoms with Crippen LogP contribution in [0.3, 0.4) is 0 Å². The van der Waals surface area contributed by atoms with Crippen LogP contribution in [0.1, 0.15) is 41.5 Å². The van der Waals surface area contributed by atoms with Crippen molar-refractivity contribution in [2.75, 3.05) is 20.2 Å². The average molecular weight is 377 g/mol. The molecule has 2 heterocycles. The number of ether oxygens (including phenoxy) is 1. The molecule has 1 aliphatic rings. The zero-order valence-electron chi connectivity index (χ0n) is 15.3. The van der Waals surface area contributed by atoms with Gasteiger partial charge in [-0.1, -0.05) is 18.5 Å². The van der Waals surface area contributed by atoms with Crippen LogP contribution < -0.4 is 10.1 Å². The molecule has 6 nitrogen and oxygen atoms in total. The molecular weight excluding hydrogens is 352 g/mol. The Balaban J connectivity index is 1.66. The Morgan fingerprint density at radius 3 is 2.96 bits per heavy atom. The van der Waals surface area contributed by atoms with Gasteiger partial charge in [0.25, 0.3) is 5.91 Å². The van der Waals surface area contributed by atoms with E-state index in [4.69, 9.17) is 16.3 Å². The molecule has 1 amide bonds. The molecule has 0 saturated carbocycles. The van der Waals surface area contributed by atoms with Crippen LogP contribution in [0.4, 0.5) is 0 Å². The van der Waals surface area contributed by atoms with Crippen molar-refractivity contribution in [3.05, 3.63) is 46.2 Å². The van der Waals surface area contributed by atoms with E-state index in [1.807, 2.05) is 0 Å². The number of rotatable bonds is 6. The van der Waals surface area contributed by atoms with E-state index in [-0.39, 0.29) is 5.91 Å². The van der Waals surface area contributed by atoms with Crippen molar-refractivity contribution in [2.24, 2.45) is 0 Å². The van der Waals surface area contributed by atoms with E-state index in [2.05, 4.69) is 33.0 Å². The van der Waals surface area contributed by atoms with E-state index in [1.54, 1.807) is 18.2 Å². The molecule has 26 heavy (non-hydrogen) atoms. The van der Waals surface area contributed by atoms with Gasteiger partial charge in [-0.2, -0.15) is 5.10 Å². The smallest absolute Gasteiger partial charge is 0.255 e. The lowest BCUT2D eigenvalue weighted by molar-refractivity contribution is 0.0947. The van der Waals surface area contributed by atoms with Crippen molar-refractivity contribution in [3.63, 3.8) is 0 Å². The second-order valence-electron chi connectivity index (χ2n) is 6.51. The molecule has 1 N–H and O–H groups in total. The van der Waals surface area contributed by atoms with Crippen LogP contribution in [0, 0.1) is 0 Å². The van der Waals surface area contributed by atoms with Crippen molar-refractivity contribution >= 4 is 17.5 Å². The first-order chi connectivity index (χ1) is 12.6. The first kappa shape index (κ1) is 18.7. The number of fused-ring (bicyclic) bond motifs is 1. The Morgan fingerprint density at radius 1 is 1.35 bits per heavy atom. The predicted molar refractivity (Wildman–Crippen MR) is 102 cm³/mol. The van der Waals surface area contributed by atoms with Crippen molar-refractivity contribution in [2.45, 2.75) is 39.4 Å². The largest absolute Gasteiger partial charge is 0.496 e. The highest BCUT2D eigenvalue weighted by molar-refractivity contribution is 6.30. The number of aryl methyl sites for hydroxylation is 1. The molecule has 1 aromatic heterocycles. The van der Waals surface area contributed by atoms with Gasteiger partial charge in [-0.05, 0) is 43.7 Å². The quantitative estimate of drug-likeness (QED) is 0.841. The molecule has 2 aromatic rings. The van der Waals surface area contributed by atoms with Crippen LogP contribution in [0.15, 0.2) is 24.3 Å². The van der Waals surface area contributed by atoms with Gasteiger partial charge in [0.15, 0.2) is 0 Å². The minimum Gasteiger partial charge on any atom is -0.496 e. The van der Waals surface area contributed by atoms with Gasteiger partial charge in [0.2, 0.25) is 0 Å². The fourth-order valence-corrected chi connectivity index (χ4v) is 3.46. The second-order valence-corrected chi connectivity index (χ2v) is 6.94. The summed E-state index contributed by atoms with van der Waals surface area (Å²) >= 11 is 5.95. The van der Waals surface area contributed by atoms with Crippen LogP contribution in [-0.4, -0.2) is 40.8 Å². The number of nitrogens with one attached hydrogen (secondary N) is 1. The van der Waals surface area contributed by atoms with E-state index >= 15 is 0 Å². The summed E-state index contributed by atoms with van der Waals surface area (Å²) in [6.45, 7) is 6.65. The average Bonchev–Trinajstić information content (AvgIpc) is 2.91. The minimum atomic E-state index is -0.200. The fraction of sp³-hybridized carbons (Fsp3) is 0.474. The molecule has 1 aromatic carbocycles. The molecule has 0 spiro atoms. The summed E-state index contributed by atoms with van der Waals surface area (Å²) in [5.74, 6) is 0.264. The summed E-state index contributed by atoms with van der Waals surface area (Å²) in [6.07, 6.45) is 2.25. The lowest BCUT2D eigenvalue weighted by Crippen LogP contribution is -2.24. The third kappa shape index (κ3) is 4.37. The molecule has 0 fully saturated rings. The Kier molecular flexibility index (Phi) is 6.16. The molecule has 0 radical (unpaired) electrons. The predicted octanol–water partition coefficient (Wildman–Crippen LogP) is 3.09. The molecule has 1 aliphatic heterocycles. The zero-order valence-corrected chi connectivity index (χ0v) is 16.1. The summed E-state index contributed by atoms with van der Waals surface area (Å²) in [4.78, 5) is 14.9. The van der Waals surface area contributed by atoms with E-state index in [9.17, 15) is 4.79 Å². The number of methoxy groups -OCH3 is 1. The number of hydrogen-bond acceptors (Lipinski definition) is 4. The first-order valence-corrected chi connectivity index (χ1v) is 9.38. The van der Waals surface area contributed by atoms with Crippen LogP contribution >= 0.6 is 11.6 Å². The highest BCUT2D eigenvalue weighted by Crippen LogP contribution is 2.23. The summed E-state index contributed by atoms with van der Waals surface area (Å²) in [5.41, 5.74) is 2.55. The normalized spacial score (nSPS) is 14.6. The van der Waals surface area contributed by atoms with Crippen LogP contribution in [0.2, 0.25) is 5.02 Å². The summed E-state index contributed by atoms with van der Waals surface area (Å²) in [6, 6.07) is 7.08. The fourth-order valence-electron chi connectivity index (χ4n) is 3.30. The van der Waals surface area contributed by atoms with Gasteiger partial charge < -0.3 is 10.1 Å². The van der Waals surface area contributed by atoms with Crippen molar-refractivity contribution < 1.29 is 9.53 Å². The Bertz CT molecular complexity index is 775. The zero-order chi connectivity index (χ0) is 18.5. The summed E-state index contributed by atoms with van der Waals surface area (Å²) in [7, 11) is 1.52. The van der Waals surface area contributed by atoms with Gasteiger partial charge >= 0.3 is 0 Å². The third-order valence-electron chi connectivity index (χ3n) is 4.52. The number of carbonyl (C=O) groups excluding carboxylic acids is 1. The highest BCUT2D eigenvalue weighted by Gasteiger charge is 2.17. The van der Waals surface area contributed by atoms with Crippen molar-refractivity contribution in [3.8, 4) is 5.75 Å². The molecule has 3 rings (SSSR count). The lowest BCUT2D eigenvalue weighted by atomic mass is 10.2. The molecule has 0 atom stereocenters. The van der Waals surface area contributed by atoms with E-state index < -0.39 is 0 Å². The topological polar surface area (TPSA) is 59.4 Å². The van der Waals surface area contributed by atoms with E-state index in [1.165, 1.54) is 12.8 Å². The number of benzene rings is 1. The maximum atomic E-state index is 12.5. The number of halogens is 1. The second kappa shape index (κ2) is 8.56. The molecule has 0 bridgehead atoms. The minimum absolute atomic E-state index is 0.200. The standard InChI is InChI=1S/C19H25ClN4O2/c1-3-7-23-8-4-9-24-16(13-23)11-15(22-24)12-21-19(25)17-6-5-14(20)10-18(17)26-2/h5-6,10-11H,3-4,7-9,12-13H2,1-2H3,(H,21,25).